The summed E-state index contributed by atoms with van der Waals surface area (Å²) in [7, 11) is 1.84. The molecule has 1 atom stereocenters. The Balaban J connectivity index is 2.24. The zero-order valence-electron chi connectivity index (χ0n) is 10.5. The third-order valence-electron chi connectivity index (χ3n) is 2.78. The molecule has 96 valence electrons. The molecule has 2 rings (SSSR count). The van der Waals surface area contributed by atoms with Crippen LogP contribution in [0, 0.1) is 0 Å². The molecular formula is C13H16N2O3. The highest BCUT2D eigenvalue weighted by molar-refractivity contribution is 5.83. The van der Waals surface area contributed by atoms with E-state index >= 15 is 0 Å². The second kappa shape index (κ2) is 5.18. The molecule has 0 aliphatic heterocycles. The van der Waals surface area contributed by atoms with E-state index in [2.05, 4.69) is 5.10 Å². The molecule has 18 heavy (non-hydrogen) atoms. The Morgan fingerprint density at radius 3 is 2.94 bits per heavy atom. The molecule has 0 bridgehead atoms. The van der Waals surface area contributed by atoms with Gasteiger partial charge in [0.05, 0.1) is 17.8 Å². The fraction of sp³-hybridized carbons (Fsp3) is 0.385. The molecule has 0 aliphatic rings. The number of aliphatic hydroxyl groups is 1. The number of carbonyl (C=O) groups excluding carboxylic acids is 1. The van der Waals surface area contributed by atoms with E-state index in [9.17, 15) is 9.90 Å². The number of hydrogen-bond donors (Lipinski definition) is 1. The zero-order valence-corrected chi connectivity index (χ0v) is 10.5. The monoisotopic (exact) mass is 248 g/mol. The summed E-state index contributed by atoms with van der Waals surface area (Å²) < 4.78 is 6.51. The summed E-state index contributed by atoms with van der Waals surface area (Å²) in [6.45, 7) is 1.97. The van der Waals surface area contributed by atoms with E-state index in [0.29, 0.717) is 5.69 Å². The van der Waals surface area contributed by atoms with Crippen LogP contribution < -0.4 is 0 Å². The summed E-state index contributed by atoms with van der Waals surface area (Å²) in [5.74, 6) is -0.604. The number of aliphatic hydroxyl groups excluding tert-OH is 1. The van der Waals surface area contributed by atoms with Crippen molar-refractivity contribution in [1.82, 2.24) is 9.78 Å². The molecule has 0 radical (unpaired) electrons. The average molecular weight is 248 g/mol. The van der Waals surface area contributed by atoms with Gasteiger partial charge in [-0.15, -0.1) is 0 Å². The highest BCUT2D eigenvalue weighted by Crippen LogP contribution is 2.18. The SMILES string of the molecule is CCOC(=O)C(O)Cc1nn(C)c2ccccc12. The number of nitrogens with zero attached hydrogens (tertiary/aromatic N) is 2. The maximum Gasteiger partial charge on any atom is 0.335 e. The number of rotatable bonds is 4. The number of aromatic nitrogens is 2. The number of esters is 1. The molecule has 5 heteroatoms. The Hall–Kier alpha value is -1.88. The van der Waals surface area contributed by atoms with Gasteiger partial charge in [-0.1, -0.05) is 18.2 Å². The van der Waals surface area contributed by atoms with Crippen LogP contribution in [0.25, 0.3) is 10.9 Å². The van der Waals surface area contributed by atoms with E-state index in [0.717, 1.165) is 10.9 Å². The molecule has 5 nitrogen and oxygen atoms in total. The van der Waals surface area contributed by atoms with Crippen molar-refractivity contribution in [1.29, 1.82) is 0 Å². The zero-order chi connectivity index (χ0) is 13.1. The molecule has 0 fully saturated rings. The van der Waals surface area contributed by atoms with Crippen molar-refractivity contribution in [2.24, 2.45) is 7.05 Å². The van der Waals surface area contributed by atoms with Crippen molar-refractivity contribution in [2.45, 2.75) is 19.4 Å². The van der Waals surface area contributed by atoms with Crippen LogP contribution in [-0.2, 0) is 23.0 Å². The molecule has 0 aliphatic carbocycles. The minimum Gasteiger partial charge on any atom is -0.464 e. The van der Waals surface area contributed by atoms with Crippen molar-refractivity contribution in [2.75, 3.05) is 6.61 Å². The van der Waals surface area contributed by atoms with Crippen LogP contribution in [0.1, 0.15) is 12.6 Å². The molecule has 1 N–H and O–H groups in total. The van der Waals surface area contributed by atoms with Gasteiger partial charge >= 0.3 is 5.97 Å². The van der Waals surface area contributed by atoms with Crippen LogP contribution in [0.2, 0.25) is 0 Å². The second-order valence-electron chi connectivity index (χ2n) is 4.06. The van der Waals surface area contributed by atoms with Gasteiger partial charge in [-0.25, -0.2) is 4.79 Å². The van der Waals surface area contributed by atoms with E-state index < -0.39 is 12.1 Å². The number of ether oxygens (including phenoxy) is 1. The van der Waals surface area contributed by atoms with Gasteiger partial charge in [0.25, 0.3) is 0 Å². The predicted octanol–water partition coefficient (Wildman–Crippen LogP) is 1.04. The van der Waals surface area contributed by atoms with E-state index in [1.54, 1.807) is 11.6 Å². The minimum absolute atomic E-state index is 0.167. The number of para-hydroxylation sites is 1. The van der Waals surface area contributed by atoms with Gasteiger partial charge < -0.3 is 9.84 Å². The van der Waals surface area contributed by atoms with Gasteiger partial charge in [0.2, 0.25) is 0 Å². The summed E-state index contributed by atoms with van der Waals surface area (Å²) in [5.41, 5.74) is 1.68. The average Bonchev–Trinajstić information content (AvgIpc) is 2.67. The van der Waals surface area contributed by atoms with Crippen LogP contribution in [0.4, 0.5) is 0 Å². The van der Waals surface area contributed by atoms with Gasteiger partial charge in [0.1, 0.15) is 0 Å². The molecule has 0 amide bonds. The van der Waals surface area contributed by atoms with Crippen LogP contribution in [-0.4, -0.2) is 33.6 Å². The van der Waals surface area contributed by atoms with Crippen molar-refractivity contribution >= 4 is 16.9 Å². The van der Waals surface area contributed by atoms with Gasteiger partial charge in [-0.05, 0) is 13.0 Å². The maximum absolute atomic E-state index is 11.4. The number of benzene rings is 1. The van der Waals surface area contributed by atoms with E-state index in [1.807, 2.05) is 31.3 Å². The number of hydrogen-bond acceptors (Lipinski definition) is 4. The summed E-state index contributed by atoms with van der Waals surface area (Å²) >= 11 is 0. The summed E-state index contributed by atoms with van der Waals surface area (Å²) in [6.07, 6.45) is -0.997. The summed E-state index contributed by atoms with van der Waals surface area (Å²) in [4.78, 5) is 11.4. The van der Waals surface area contributed by atoms with E-state index in [4.69, 9.17) is 4.74 Å². The number of carbonyl (C=O) groups is 1. The van der Waals surface area contributed by atoms with Crippen molar-refractivity contribution in [3.63, 3.8) is 0 Å². The molecular weight excluding hydrogens is 232 g/mol. The largest absolute Gasteiger partial charge is 0.464 e. The maximum atomic E-state index is 11.4. The van der Waals surface area contributed by atoms with Crippen molar-refractivity contribution in [3.8, 4) is 0 Å². The Morgan fingerprint density at radius 1 is 1.50 bits per heavy atom. The summed E-state index contributed by atoms with van der Waals surface area (Å²) in [5, 5.41) is 15.0. The lowest BCUT2D eigenvalue weighted by atomic mass is 10.1. The fourth-order valence-electron chi connectivity index (χ4n) is 1.94. The first-order valence-corrected chi connectivity index (χ1v) is 5.88. The van der Waals surface area contributed by atoms with Crippen molar-refractivity contribution in [3.05, 3.63) is 30.0 Å². The van der Waals surface area contributed by atoms with Gasteiger partial charge in [0, 0.05) is 18.9 Å². The lowest BCUT2D eigenvalue weighted by molar-refractivity contribution is -0.152. The lowest BCUT2D eigenvalue weighted by Crippen LogP contribution is -2.25. The standard InChI is InChI=1S/C13H16N2O3/c1-3-18-13(17)12(16)8-10-9-6-4-5-7-11(9)15(2)14-10/h4-7,12,16H,3,8H2,1-2H3. The molecule has 1 aromatic carbocycles. The molecule has 0 spiro atoms. The molecule has 0 saturated heterocycles. The highest BCUT2D eigenvalue weighted by atomic mass is 16.5. The van der Waals surface area contributed by atoms with Crippen molar-refractivity contribution < 1.29 is 14.6 Å². The first-order chi connectivity index (χ1) is 8.63. The molecule has 0 saturated carbocycles. The number of aryl methyl sites for hydroxylation is 1. The van der Waals surface area contributed by atoms with E-state index in [-0.39, 0.29) is 13.0 Å². The van der Waals surface area contributed by atoms with Crippen LogP contribution >= 0.6 is 0 Å². The van der Waals surface area contributed by atoms with Crippen LogP contribution in [0.5, 0.6) is 0 Å². The smallest absolute Gasteiger partial charge is 0.335 e. The quantitative estimate of drug-likeness (QED) is 0.821. The molecule has 1 unspecified atom stereocenters. The Morgan fingerprint density at radius 2 is 2.22 bits per heavy atom. The Bertz CT molecular complexity index is 562. The Labute approximate surface area is 105 Å². The first-order valence-electron chi connectivity index (χ1n) is 5.88. The third-order valence-corrected chi connectivity index (χ3v) is 2.78. The molecule has 1 aromatic heterocycles. The first kappa shape index (κ1) is 12.6. The molecule has 2 aromatic rings. The van der Waals surface area contributed by atoms with Gasteiger partial charge in [-0.3, -0.25) is 4.68 Å². The van der Waals surface area contributed by atoms with Gasteiger partial charge in [-0.2, -0.15) is 5.10 Å². The van der Waals surface area contributed by atoms with Crippen LogP contribution in [0.3, 0.4) is 0 Å². The normalized spacial score (nSPS) is 12.6. The lowest BCUT2D eigenvalue weighted by Gasteiger charge is -2.07. The van der Waals surface area contributed by atoms with Gasteiger partial charge in [0.15, 0.2) is 6.10 Å². The summed E-state index contributed by atoms with van der Waals surface area (Å²) in [6, 6.07) is 7.71. The topological polar surface area (TPSA) is 64.3 Å². The second-order valence-corrected chi connectivity index (χ2v) is 4.06. The Kier molecular flexibility index (Phi) is 3.62. The van der Waals surface area contributed by atoms with Crippen LogP contribution in [0.15, 0.2) is 24.3 Å². The number of fused-ring (bicyclic) bond motifs is 1. The van der Waals surface area contributed by atoms with E-state index in [1.165, 1.54) is 0 Å². The minimum atomic E-state index is -1.16. The molecule has 1 heterocycles. The fourth-order valence-corrected chi connectivity index (χ4v) is 1.94. The highest BCUT2D eigenvalue weighted by Gasteiger charge is 2.20. The predicted molar refractivity (Wildman–Crippen MR) is 67.1 cm³/mol. The third kappa shape index (κ3) is 2.36.